The third-order valence-electron chi connectivity index (χ3n) is 6.02. The van der Waals surface area contributed by atoms with Gasteiger partial charge < -0.3 is 15.0 Å². The highest BCUT2D eigenvalue weighted by Gasteiger charge is 2.48. The number of nitrogens with zero attached hydrogens (tertiary/aromatic N) is 5. The van der Waals surface area contributed by atoms with E-state index in [9.17, 15) is 31.1 Å². The van der Waals surface area contributed by atoms with E-state index in [0.29, 0.717) is 11.9 Å². The van der Waals surface area contributed by atoms with Gasteiger partial charge >= 0.3 is 12.3 Å². The Morgan fingerprint density at radius 2 is 1.92 bits per heavy atom. The van der Waals surface area contributed by atoms with Crippen molar-refractivity contribution in [2.45, 2.75) is 38.3 Å². The molecule has 37 heavy (non-hydrogen) atoms. The van der Waals surface area contributed by atoms with Gasteiger partial charge in [-0.2, -0.15) is 27.1 Å². The summed E-state index contributed by atoms with van der Waals surface area (Å²) in [5.74, 6) is -1.38. The first-order valence-electron chi connectivity index (χ1n) is 11.1. The zero-order valence-electron chi connectivity index (χ0n) is 19.9. The summed E-state index contributed by atoms with van der Waals surface area (Å²) in [5, 5.41) is 6.99. The summed E-state index contributed by atoms with van der Waals surface area (Å²) in [5.41, 5.74) is -0.129. The van der Waals surface area contributed by atoms with Gasteiger partial charge in [0.15, 0.2) is 5.69 Å². The highest BCUT2D eigenvalue weighted by molar-refractivity contribution is 5.99. The number of rotatable bonds is 5. The molecule has 4 rings (SSSR count). The smallest absolute Gasteiger partial charge is 0.368 e. The number of hydrogen-bond donors (Lipinski definition) is 1. The van der Waals surface area contributed by atoms with Crippen molar-refractivity contribution in [2.75, 3.05) is 18.4 Å². The number of aryl methyl sites for hydroxylation is 1. The van der Waals surface area contributed by atoms with E-state index in [1.165, 1.54) is 17.7 Å². The van der Waals surface area contributed by atoms with E-state index in [1.807, 2.05) is 0 Å². The van der Waals surface area contributed by atoms with Crippen LogP contribution in [0.5, 0.6) is 0 Å². The maximum absolute atomic E-state index is 14.4. The first-order valence-corrected chi connectivity index (χ1v) is 11.1. The lowest BCUT2D eigenvalue weighted by atomic mass is 10.0. The van der Waals surface area contributed by atoms with Crippen molar-refractivity contribution < 1.29 is 35.9 Å². The van der Waals surface area contributed by atoms with Crippen LogP contribution in [0, 0.1) is 12.7 Å². The predicted octanol–water partition coefficient (Wildman–Crippen LogP) is 4.28. The molecule has 3 aromatic rings. The first kappa shape index (κ1) is 26.4. The van der Waals surface area contributed by atoms with Crippen LogP contribution in [0.4, 0.5) is 32.2 Å². The molecule has 1 N–H and O–H groups in total. The van der Waals surface area contributed by atoms with Crippen molar-refractivity contribution in [3.8, 4) is 11.3 Å². The van der Waals surface area contributed by atoms with E-state index in [-0.39, 0.29) is 29.3 Å². The summed E-state index contributed by atoms with van der Waals surface area (Å²) in [6.45, 7) is 1.76. The molecule has 0 unspecified atom stereocenters. The molecule has 2 atom stereocenters. The second-order valence-corrected chi connectivity index (χ2v) is 8.57. The summed E-state index contributed by atoms with van der Waals surface area (Å²) in [6.07, 6.45) is -7.78. The van der Waals surface area contributed by atoms with Crippen LogP contribution in [-0.2, 0) is 18.0 Å². The van der Waals surface area contributed by atoms with E-state index >= 15 is 0 Å². The highest BCUT2D eigenvalue weighted by atomic mass is 19.4. The Morgan fingerprint density at radius 3 is 2.51 bits per heavy atom. The Morgan fingerprint density at radius 1 is 1.19 bits per heavy atom. The topological polar surface area (TPSA) is 85.2 Å². The van der Waals surface area contributed by atoms with Crippen molar-refractivity contribution in [3.05, 3.63) is 59.4 Å². The molecule has 0 radical (unpaired) electrons. The third-order valence-corrected chi connectivity index (χ3v) is 6.02. The van der Waals surface area contributed by atoms with E-state index in [0.717, 1.165) is 29.3 Å². The Hall–Kier alpha value is -3.68. The van der Waals surface area contributed by atoms with Gasteiger partial charge in [-0.25, -0.2) is 9.37 Å². The van der Waals surface area contributed by atoms with Crippen LogP contribution in [-0.4, -0.2) is 61.9 Å². The third kappa shape index (κ3) is 5.53. The summed E-state index contributed by atoms with van der Waals surface area (Å²) in [7, 11) is 1.56. The number of alkyl halides is 5. The summed E-state index contributed by atoms with van der Waals surface area (Å²) in [4.78, 5) is 22.2. The van der Waals surface area contributed by atoms with Gasteiger partial charge in [-0.3, -0.25) is 14.5 Å². The lowest BCUT2D eigenvalue weighted by Gasteiger charge is -2.43. The van der Waals surface area contributed by atoms with Crippen molar-refractivity contribution in [3.63, 3.8) is 0 Å². The molecule has 0 bridgehead atoms. The average molecular weight is 528 g/mol. The van der Waals surface area contributed by atoms with Crippen molar-refractivity contribution in [1.82, 2.24) is 24.6 Å². The number of carbonyl (C=O) groups is 1. The standard InChI is InChI=1S/C23H22F6N6O2/c1-12-19(16-6-5-15(24)9-30-16)20(33-34(12)3)21(36)35-11-22(25,26)37-13(2)17(35)10-32-18-7-4-14(8-31-18)23(27,28)29/h4-9,13,17H,10-11H2,1-3H3,(H,31,32)/t13-,17+/m0/s1. The Balaban J connectivity index is 1.64. The minimum Gasteiger partial charge on any atom is -0.368 e. The van der Waals surface area contributed by atoms with Gasteiger partial charge in [0.2, 0.25) is 0 Å². The molecule has 1 fully saturated rings. The van der Waals surface area contributed by atoms with Crippen LogP contribution >= 0.6 is 0 Å². The molecule has 1 saturated heterocycles. The van der Waals surface area contributed by atoms with Crippen molar-refractivity contribution in [1.29, 1.82) is 0 Å². The fourth-order valence-electron chi connectivity index (χ4n) is 4.05. The molecule has 198 valence electrons. The number of hydrogen-bond acceptors (Lipinski definition) is 6. The largest absolute Gasteiger partial charge is 0.417 e. The molecule has 0 spiro atoms. The second-order valence-electron chi connectivity index (χ2n) is 8.57. The number of nitrogens with one attached hydrogen (secondary N) is 1. The van der Waals surface area contributed by atoms with Gasteiger partial charge in [0.25, 0.3) is 5.91 Å². The van der Waals surface area contributed by atoms with E-state index in [2.05, 4.69) is 20.4 Å². The number of carbonyl (C=O) groups excluding carboxylic acids is 1. The normalized spacial score (nSPS) is 19.6. The van der Waals surface area contributed by atoms with Gasteiger partial charge in [0.05, 0.1) is 35.2 Å². The van der Waals surface area contributed by atoms with Crippen molar-refractivity contribution in [2.24, 2.45) is 7.05 Å². The predicted molar refractivity (Wildman–Crippen MR) is 119 cm³/mol. The maximum atomic E-state index is 14.4. The summed E-state index contributed by atoms with van der Waals surface area (Å²) in [6, 6.07) is 3.46. The average Bonchev–Trinajstić information content (AvgIpc) is 3.11. The lowest BCUT2D eigenvalue weighted by molar-refractivity contribution is -0.298. The van der Waals surface area contributed by atoms with Gasteiger partial charge in [-0.1, -0.05) is 0 Å². The SMILES string of the molecule is Cc1c(-c2ccc(F)cn2)c(C(=O)N2CC(F)(F)O[C@@H](C)[C@H]2CNc2ccc(C(F)(F)F)cn2)nn1C. The molecule has 1 aliphatic rings. The van der Waals surface area contributed by atoms with E-state index in [1.54, 1.807) is 14.0 Å². The molecule has 1 amide bonds. The molecular weight excluding hydrogens is 506 g/mol. The molecule has 8 nitrogen and oxygen atoms in total. The fraction of sp³-hybridized carbons (Fsp3) is 0.391. The molecule has 14 heteroatoms. The Kier molecular flexibility index (Phi) is 6.88. The molecular formula is C23H22F6N6O2. The Labute approximate surface area is 207 Å². The number of aromatic nitrogens is 4. The van der Waals surface area contributed by atoms with Crippen LogP contribution in [0.1, 0.15) is 28.7 Å². The number of anilines is 1. The van der Waals surface area contributed by atoms with E-state index < -0.39 is 48.3 Å². The lowest BCUT2D eigenvalue weighted by Crippen LogP contribution is -2.61. The van der Waals surface area contributed by atoms with Gasteiger partial charge in [-0.15, -0.1) is 0 Å². The molecule has 4 heterocycles. The van der Waals surface area contributed by atoms with E-state index in [4.69, 9.17) is 4.74 Å². The molecule has 1 aliphatic heterocycles. The molecule has 0 saturated carbocycles. The number of halogens is 6. The highest BCUT2D eigenvalue weighted by Crippen LogP contribution is 2.33. The monoisotopic (exact) mass is 528 g/mol. The summed E-state index contributed by atoms with van der Waals surface area (Å²) < 4.78 is 86.8. The van der Waals surface area contributed by atoms with Gasteiger partial charge in [0, 0.05) is 25.5 Å². The summed E-state index contributed by atoms with van der Waals surface area (Å²) >= 11 is 0. The van der Waals surface area contributed by atoms with Crippen LogP contribution in [0.2, 0.25) is 0 Å². The van der Waals surface area contributed by atoms with Crippen molar-refractivity contribution >= 4 is 11.7 Å². The second kappa shape index (κ2) is 9.65. The zero-order valence-corrected chi connectivity index (χ0v) is 19.9. The van der Waals surface area contributed by atoms with Gasteiger partial charge in [-0.05, 0) is 38.1 Å². The van der Waals surface area contributed by atoms with Crippen LogP contribution in [0.25, 0.3) is 11.3 Å². The quantitative estimate of drug-likeness (QED) is 0.498. The number of morpholine rings is 1. The number of pyridine rings is 2. The molecule has 0 aliphatic carbocycles. The first-order chi connectivity index (χ1) is 17.3. The molecule has 3 aromatic heterocycles. The maximum Gasteiger partial charge on any atom is 0.417 e. The van der Waals surface area contributed by atoms with Gasteiger partial charge in [0.1, 0.15) is 18.2 Å². The molecule has 0 aromatic carbocycles. The number of amides is 1. The number of ether oxygens (including phenoxy) is 1. The Bertz CT molecular complexity index is 1280. The zero-order chi connectivity index (χ0) is 27.1. The van der Waals surface area contributed by atoms with Crippen LogP contribution in [0.3, 0.4) is 0 Å². The minimum atomic E-state index is -4.57. The van der Waals surface area contributed by atoms with Crippen LogP contribution < -0.4 is 5.32 Å². The minimum absolute atomic E-state index is 0.0508. The fourth-order valence-corrected chi connectivity index (χ4v) is 4.05. The van der Waals surface area contributed by atoms with Crippen LogP contribution in [0.15, 0.2) is 36.7 Å².